The van der Waals surface area contributed by atoms with Gasteiger partial charge in [-0.2, -0.15) is 4.98 Å². The number of hydrogen-bond donors (Lipinski definition) is 0. The van der Waals surface area contributed by atoms with Crippen LogP contribution in [0.25, 0.3) is 22.3 Å². The van der Waals surface area contributed by atoms with Crippen LogP contribution < -0.4 is 18.9 Å². The fraction of sp³-hybridized carbons (Fsp3) is 0.293. The van der Waals surface area contributed by atoms with Crippen LogP contribution in [-0.4, -0.2) is 43.6 Å². The van der Waals surface area contributed by atoms with E-state index >= 15 is 0 Å². The molecule has 2 aliphatic heterocycles. The minimum absolute atomic E-state index is 0.460. The molecule has 2 aliphatic rings. The van der Waals surface area contributed by atoms with Gasteiger partial charge in [-0.05, 0) is 109 Å². The molecule has 0 saturated carbocycles. The molecule has 0 aliphatic carbocycles. The summed E-state index contributed by atoms with van der Waals surface area (Å²) in [4.78, 5) is 4.55. The first-order valence-corrected chi connectivity index (χ1v) is 17.0. The van der Waals surface area contributed by atoms with Gasteiger partial charge in [-0.3, -0.25) is 0 Å². The molecule has 2 atom stereocenters. The quantitative estimate of drug-likeness (QED) is 0.0695. The van der Waals surface area contributed by atoms with Crippen molar-refractivity contribution >= 4 is 0 Å². The van der Waals surface area contributed by atoms with Gasteiger partial charge in [0.1, 0.15) is 23.0 Å². The average Bonchev–Trinajstić information content (AvgIpc) is 4.07. The van der Waals surface area contributed by atoms with Crippen molar-refractivity contribution in [3.05, 3.63) is 115 Å². The van der Waals surface area contributed by atoms with Crippen LogP contribution in [0.15, 0.2) is 115 Å². The maximum absolute atomic E-state index is 6.05. The van der Waals surface area contributed by atoms with E-state index in [4.69, 9.17) is 28.4 Å². The molecule has 0 spiro atoms. The Hall–Kier alpha value is -4.85. The van der Waals surface area contributed by atoms with Crippen LogP contribution in [0.4, 0.5) is 0 Å². The van der Waals surface area contributed by atoms with Crippen molar-refractivity contribution < 1.29 is 28.4 Å². The Morgan fingerprint density at radius 1 is 0.458 bits per heavy atom. The van der Waals surface area contributed by atoms with Gasteiger partial charge in [0, 0.05) is 12.1 Å². The number of epoxide rings is 2. The Balaban J connectivity index is 0.870. The topological polar surface area (TPSA) is 74.9 Å². The second-order valence-corrected chi connectivity index (χ2v) is 12.2. The summed E-state index contributed by atoms with van der Waals surface area (Å²) in [7, 11) is 0. The third-order valence-electron chi connectivity index (χ3n) is 8.41. The van der Waals surface area contributed by atoms with Crippen LogP contribution in [0.2, 0.25) is 0 Å². The second-order valence-electron chi connectivity index (χ2n) is 12.2. The predicted molar refractivity (Wildman–Crippen MR) is 186 cm³/mol. The van der Waals surface area contributed by atoms with Gasteiger partial charge in [0.15, 0.2) is 0 Å². The van der Waals surface area contributed by atoms with E-state index in [0.717, 1.165) is 98.7 Å². The van der Waals surface area contributed by atoms with Crippen LogP contribution in [0, 0.1) is 0 Å². The molecule has 5 aromatic rings. The molecule has 7 rings (SSSR count). The summed E-state index contributed by atoms with van der Waals surface area (Å²) in [5, 5.41) is 0. The van der Waals surface area contributed by atoms with Gasteiger partial charge in [0.2, 0.25) is 11.8 Å². The van der Waals surface area contributed by atoms with Gasteiger partial charge < -0.3 is 28.4 Å². The van der Waals surface area contributed by atoms with Gasteiger partial charge in [0.25, 0.3) is 0 Å². The normalized spacial score (nSPS) is 16.2. The highest BCUT2D eigenvalue weighted by atomic mass is 16.6. The smallest absolute Gasteiger partial charge is 0.222 e. The van der Waals surface area contributed by atoms with Crippen molar-refractivity contribution in [1.29, 1.82) is 0 Å². The first-order chi connectivity index (χ1) is 23.7. The van der Waals surface area contributed by atoms with Crippen molar-refractivity contribution in [2.24, 2.45) is 0 Å². The van der Waals surface area contributed by atoms with E-state index in [1.54, 1.807) is 0 Å². The molecular formula is C41H41NO6. The summed E-state index contributed by atoms with van der Waals surface area (Å²) in [6.07, 6.45) is 7.64. The van der Waals surface area contributed by atoms with E-state index in [9.17, 15) is 0 Å². The number of nitrogens with zero attached hydrogens (tertiary/aromatic N) is 1. The highest BCUT2D eigenvalue weighted by Gasteiger charge is 2.21. The van der Waals surface area contributed by atoms with E-state index in [2.05, 4.69) is 29.2 Å². The lowest BCUT2D eigenvalue weighted by atomic mass is 10.1. The molecule has 48 heavy (non-hydrogen) atoms. The third-order valence-corrected chi connectivity index (χ3v) is 8.41. The molecule has 4 aromatic carbocycles. The summed E-state index contributed by atoms with van der Waals surface area (Å²) in [6.45, 7) is 3.31. The number of aromatic nitrogens is 1. The molecule has 0 radical (unpaired) electrons. The molecule has 0 bridgehead atoms. The van der Waals surface area contributed by atoms with Gasteiger partial charge >= 0.3 is 0 Å². The number of ether oxygens (including phenoxy) is 6. The molecule has 7 heteroatoms. The monoisotopic (exact) mass is 643 g/mol. The number of unbranched alkanes of at least 4 members (excludes halogenated alkanes) is 2. The summed E-state index contributed by atoms with van der Waals surface area (Å²) in [5.41, 5.74) is 4.43. The summed E-state index contributed by atoms with van der Waals surface area (Å²) < 4.78 is 34.4. The van der Waals surface area contributed by atoms with Gasteiger partial charge in [-0.1, -0.05) is 54.6 Å². The van der Waals surface area contributed by atoms with Gasteiger partial charge in [-0.25, -0.2) is 0 Å². The minimum atomic E-state index is 0.460. The highest BCUT2D eigenvalue weighted by molar-refractivity contribution is 5.66. The second kappa shape index (κ2) is 15.8. The minimum Gasteiger partial charge on any atom is -0.494 e. The van der Waals surface area contributed by atoms with Crippen LogP contribution in [0.1, 0.15) is 38.5 Å². The summed E-state index contributed by atoms with van der Waals surface area (Å²) in [5.74, 6) is 4.10. The number of benzene rings is 4. The van der Waals surface area contributed by atoms with Crippen LogP contribution >= 0.6 is 0 Å². The number of pyridine rings is 1. The largest absolute Gasteiger partial charge is 0.494 e. The van der Waals surface area contributed by atoms with E-state index in [1.165, 1.54) is 0 Å². The first-order valence-electron chi connectivity index (χ1n) is 17.0. The fourth-order valence-electron chi connectivity index (χ4n) is 5.47. The lowest BCUT2D eigenvalue weighted by Gasteiger charge is -2.10. The molecule has 2 unspecified atom stereocenters. The van der Waals surface area contributed by atoms with Crippen molar-refractivity contribution in [3.63, 3.8) is 0 Å². The van der Waals surface area contributed by atoms with Crippen molar-refractivity contribution in [2.45, 2.75) is 50.7 Å². The van der Waals surface area contributed by atoms with Crippen molar-refractivity contribution in [1.82, 2.24) is 4.98 Å². The molecule has 0 amide bonds. The number of rotatable bonds is 18. The van der Waals surface area contributed by atoms with E-state index in [1.807, 2.05) is 91.0 Å². The maximum atomic E-state index is 6.05. The fourth-order valence-corrected chi connectivity index (χ4v) is 5.47. The van der Waals surface area contributed by atoms with Gasteiger partial charge in [0.05, 0.1) is 38.6 Å². The standard InChI is InChI=1S/C41H41NO6/c1(6-38-28-45-38)3-26-43-34-18-10-30(11-19-34)32-14-22-36(23-15-32)47-40-8-5-9-41(42-40)48-37-24-16-33(17-25-37)31-12-20-35(21-13-31)44-27-4-2-7-39-29-46-39/h5,8-25,38-39H,1-4,6-7,26-29H2. The lowest BCUT2D eigenvalue weighted by Crippen LogP contribution is -1.98. The molecule has 1 aromatic heterocycles. The van der Waals surface area contributed by atoms with E-state index < -0.39 is 0 Å². The Morgan fingerprint density at radius 2 is 0.812 bits per heavy atom. The van der Waals surface area contributed by atoms with Crippen LogP contribution in [-0.2, 0) is 9.47 Å². The van der Waals surface area contributed by atoms with Crippen LogP contribution in [0.5, 0.6) is 34.8 Å². The first kappa shape index (κ1) is 31.7. The molecule has 2 fully saturated rings. The van der Waals surface area contributed by atoms with E-state index in [0.29, 0.717) is 35.5 Å². The maximum Gasteiger partial charge on any atom is 0.222 e. The number of hydrogen-bond acceptors (Lipinski definition) is 7. The zero-order chi connectivity index (χ0) is 32.4. The third kappa shape index (κ3) is 9.59. The molecule has 0 N–H and O–H groups in total. The highest BCUT2D eigenvalue weighted by Crippen LogP contribution is 2.30. The Kier molecular flexibility index (Phi) is 10.5. The van der Waals surface area contributed by atoms with Gasteiger partial charge in [-0.15, -0.1) is 0 Å². The van der Waals surface area contributed by atoms with Crippen molar-refractivity contribution in [3.8, 4) is 57.0 Å². The SMILES string of the molecule is c1cc(Oc2ccc(-c3ccc(OCCCCC4CO4)cc3)cc2)nc(Oc2ccc(-c3ccc(OCCCCC4CO4)cc3)cc2)c1. The zero-order valence-electron chi connectivity index (χ0n) is 27.1. The molecule has 2 saturated heterocycles. The lowest BCUT2D eigenvalue weighted by molar-refractivity contribution is 0.299. The van der Waals surface area contributed by atoms with Crippen LogP contribution in [0.3, 0.4) is 0 Å². The molecule has 7 nitrogen and oxygen atoms in total. The predicted octanol–water partition coefficient (Wildman–Crippen LogP) is 9.90. The molecule has 246 valence electrons. The summed E-state index contributed by atoms with van der Waals surface area (Å²) >= 11 is 0. The Bertz CT molecular complexity index is 1590. The zero-order valence-corrected chi connectivity index (χ0v) is 27.1. The average molecular weight is 644 g/mol. The summed E-state index contributed by atoms with van der Waals surface area (Å²) in [6, 6.07) is 37.9. The Morgan fingerprint density at radius 3 is 1.17 bits per heavy atom. The Labute approximate surface area is 282 Å². The molecular weight excluding hydrogens is 602 g/mol. The molecule has 3 heterocycles. The van der Waals surface area contributed by atoms with E-state index in [-0.39, 0.29) is 0 Å². The van der Waals surface area contributed by atoms with Crippen molar-refractivity contribution in [2.75, 3.05) is 26.4 Å².